The van der Waals surface area contributed by atoms with Crippen LogP contribution in [0, 0.1) is 0 Å². The van der Waals surface area contributed by atoms with Gasteiger partial charge in [0.2, 0.25) is 0 Å². The zero-order chi connectivity index (χ0) is 11.8. The number of hydrogen-bond acceptors (Lipinski definition) is 3. The van der Waals surface area contributed by atoms with Crippen molar-refractivity contribution in [2.24, 2.45) is 10.7 Å². The maximum atomic E-state index is 8.58. The minimum atomic E-state index is 0. The summed E-state index contributed by atoms with van der Waals surface area (Å²) in [4.78, 5) is 4.04. The van der Waals surface area contributed by atoms with Crippen molar-refractivity contribution >= 4 is 35.6 Å². The SMILES string of the molecule is COc1ccc(NC(N)=NCCCO)cc1.I. The van der Waals surface area contributed by atoms with E-state index in [9.17, 15) is 0 Å². The van der Waals surface area contributed by atoms with E-state index < -0.39 is 0 Å². The summed E-state index contributed by atoms with van der Waals surface area (Å²) < 4.78 is 5.04. The lowest BCUT2D eigenvalue weighted by atomic mass is 10.3. The first-order valence-electron chi connectivity index (χ1n) is 5.08. The highest BCUT2D eigenvalue weighted by molar-refractivity contribution is 14.0. The quantitative estimate of drug-likeness (QED) is 0.325. The molecule has 1 aromatic rings. The van der Waals surface area contributed by atoms with E-state index in [-0.39, 0.29) is 30.6 Å². The first-order chi connectivity index (χ1) is 7.76. The third-order valence-corrected chi connectivity index (χ3v) is 1.96. The lowest BCUT2D eigenvalue weighted by molar-refractivity contribution is 0.291. The Morgan fingerprint density at radius 2 is 2.06 bits per heavy atom. The van der Waals surface area contributed by atoms with Gasteiger partial charge in [0, 0.05) is 18.8 Å². The van der Waals surface area contributed by atoms with Crippen LogP contribution in [0.25, 0.3) is 0 Å². The van der Waals surface area contributed by atoms with E-state index >= 15 is 0 Å². The van der Waals surface area contributed by atoms with Crippen LogP contribution in [0.15, 0.2) is 29.3 Å². The van der Waals surface area contributed by atoms with Gasteiger partial charge >= 0.3 is 0 Å². The third-order valence-electron chi connectivity index (χ3n) is 1.96. The summed E-state index contributed by atoms with van der Waals surface area (Å²) in [5, 5.41) is 11.5. The Kier molecular flexibility index (Phi) is 8.51. The molecule has 0 saturated carbocycles. The number of ether oxygens (including phenoxy) is 1. The molecule has 0 spiro atoms. The molecular weight excluding hydrogens is 333 g/mol. The summed E-state index contributed by atoms with van der Waals surface area (Å²) >= 11 is 0. The van der Waals surface area contributed by atoms with Crippen LogP contribution in [0.3, 0.4) is 0 Å². The van der Waals surface area contributed by atoms with Gasteiger partial charge in [0.15, 0.2) is 5.96 Å². The number of aliphatic imine (C=N–C) groups is 1. The predicted octanol–water partition coefficient (Wildman–Crippen LogP) is 1.42. The average Bonchev–Trinajstić information content (AvgIpc) is 2.30. The van der Waals surface area contributed by atoms with Gasteiger partial charge in [-0.15, -0.1) is 24.0 Å². The van der Waals surface area contributed by atoms with Crippen LogP contribution in [0.2, 0.25) is 0 Å². The molecule has 0 saturated heterocycles. The molecule has 0 unspecified atom stereocenters. The molecule has 0 atom stereocenters. The Labute approximate surface area is 118 Å². The normalized spacial score (nSPS) is 10.6. The predicted molar refractivity (Wildman–Crippen MR) is 80.2 cm³/mol. The summed E-state index contributed by atoms with van der Waals surface area (Å²) in [7, 11) is 1.62. The number of halogens is 1. The summed E-state index contributed by atoms with van der Waals surface area (Å²) in [5.41, 5.74) is 6.50. The highest BCUT2D eigenvalue weighted by Crippen LogP contribution is 2.14. The fraction of sp³-hybridized carbons (Fsp3) is 0.364. The van der Waals surface area contributed by atoms with Crippen molar-refractivity contribution in [1.82, 2.24) is 0 Å². The number of guanidine groups is 1. The fourth-order valence-electron chi connectivity index (χ4n) is 1.13. The van der Waals surface area contributed by atoms with Gasteiger partial charge in [0.1, 0.15) is 5.75 Å². The Morgan fingerprint density at radius 3 is 2.59 bits per heavy atom. The summed E-state index contributed by atoms with van der Waals surface area (Å²) in [6, 6.07) is 7.38. The van der Waals surface area contributed by atoms with Gasteiger partial charge in [-0.1, -0.05) is 0 Å². The summed E-state index contributed by atoms with van der Waals surface area (Å²) in [6.07, 6.45) is 0.616. The van der Waals surface area contributed by atoms with Crippen LogP contribution in [-0.2, 0) is 0 Å². The molecule has 0 heterocycles. The number of nitrogens with one attached hydrogen (secondary N) is 1. The molecule has 0 aliphatic carbocycles. The smallest absolute Gasteiger partial charge is 0.193 e. The van der Waals surface area contributed by atoms with Crippen molar-refractivity contribution in [3.05, 3.63) is 24.3 Å². The van der Waals surface area contributed by atoms with E-state index in [2.05, 4.69) is 10.3 Å². The number of hydrogen-bond donors (Lipinski definition) is 3. The summed E-state index contributed by atoms with van der Waals surface area (Å²) in [6.45, 7) is 0.644. The molecule has 0 bridgehead atoms. The molecule has 0 fully saturated rings. The van der Waals surface area contributed by atoms with E-state index in [4.69, 9.17) is 15.6 Å². The minimum absolute atomic E-state index is 0. The number of aliphatic hydroxyl groups excluding tert-OH is 1. The highest BCUT2D eigenvalue weighted by Gasteiger charge is 1.95. The number of aliphatic hydroxyl groups is 1. The standard InChI is InChI=1S/C11H17N3O2.HI/c1-16-10-5-3-9(4-6-10)14-11(12)13-7-2-8-15;/h3-6,15H,2,7-8H2,1H3,(H3,12,13,14);1H. The molecule has 0 amide bonds. The number of methoxy groups -OCH3 is 1. The van der Waals surface area contributed by atoms with E-state index in [0.717, 1.165) is 11.4 Å². The molecule has 5 nitrogen and oxygen atoms in total. The first kappa shape index (κ1) is 16.0. The number of nitrogens with zero attached hydrogens (tertiary/aromatic N) is 1. The van der Waals surface area contributed by atoms with Gasteiger partial charge in [0.05, 0.1) is 7.11 Å². The molecule has 0 radical (unpaired) electrons. The molecule has 0 aromatic heterocycles. The van der Waals surface area contributed by atoms with Gasteiger partial charge in [-0.3, -0.25) is 4.99 Å². The van der Waals surface area contributed by atoms with Crippen LogP contribution in [0.4, 0.5) is 5.69 Å². The van der Waals surface area contributed by atoms with Crippen molar-refractivity contribution in [1.29, 1.82) is 0 Å². The van der Waals surface area contributed by atoms with Crippen molar-refractivity contribution in [3.63, 3.8) is 0 Å². The lowest BCUT2D eigenvalue weighted by Gasteiger charge is -2.06. The molecule has 1 rings (SSSR count). The molecule has 1 aromatic carbocycles. The second kappa shape index (κ2) is 9.06. The van der Waals surface area contributed by atoms with E-state index in [1.54, 1.807) is 7.11 Å². The van der Waals surface area contributed by atoms with Gasteiger partial charge in [-0.05, 0) is 30.7 Å². The first-order valence-corrected chi connectivity index (χ1v) is 5.08. The largest absolute Gasteiger partial charge is 0.497 e. The van der Waals surface area contributed by atoms with E-state index in [1.165, 1.54) is 0 Å². The van der Waals surface area contributed by atoms with E-state index in [1.807, 2.05) is 24.3 Å². The third kappa shape index (κ3) is 6.32. The van der Waals surface area contributed by atoms with E-state index in [0.29, 0.717) is 18.9 Å². The summed E-state index contributed by atoms with van der Waals surface area (Å²) in [5.74, 6) is 1.14. The maximum absolute atomic E-state index is 8.58. The Hall–Kier alpha value is -1.02. The maximum Gasteiger partial charge on any atom is 0.193 e. The molecule has 6 heteroatoms. The van der Waals surface area contributed by atoms with Gasteiger partial charge < -0.3 is 20.9 Å². The highest BCUT2D eigenvalue weighted by atomic mass is 127. The number of benzene rings is 1. The molecule has 17 heavy (non-hydrogen) atoms. The van der Waals surface area contributed by atoms with Crippen LogP contribution >= 0.6 is 24.0 Å². The lowest BCUT2D eigenvalue weighted by Crippen LogP contribution is -2.22. The molecular formula is C11H18IN3O2. The fourth-order valence-corrected chi connectivity index (χ4v) is 1.13. The van der Waals surface area contributed by atoms with Crippen LogP contribution in [0.5, 0.6) is 5.75 Å². The van der Waals surface area contributed by atoms with Crippen molar-refractivity contribution in [2.45, 2.75) is 6.42 Å². The van der Waals surface area contributed by atoms with Gasteiger partial charge in [-0.2, -0.15) is 0 Å². The van der Waals surface area contributed by atoms with Crippen LogP contribution in [0.1, 0.15) is 6.42 Å². The number of anilines is 1. The average molecular weight is 351 g/mol. The van der Waals surface area contributed by atoms with Gasteiger partial charge in [0.25, 0.3) is 0 Å². The second-order valence-electron chi connectivity index (χ2n) is 3.20. The molecule has 0 aliphatic heterocycles. The minimum Gasteiger partial charge on any atom is -0.497 e. The van der Waals surface area contributed by atoms with Gasteiger partial charge in [-0.25, -0.2) is 0 Å². The zero-order valence-electron chi connectivity index (χ0n) is 9.72. The molecule has 96 valence electrons. The molecule has 4 N–H and O–H groups in total. The monoisotopic (exact) mass is 351 g/mol. The van der Waals surface area contributed by atoms with Crippen molar-refractivity contribution in [3.8, 4) is 5.75 Å². The topological polar surface area (TPSA) is 79.9 Å². The zero-order valence-corrected chi connectivity index (χ0v) is 12.0. The van der Waals surface area contributed by atoms with Crippen LogP contribution in [-0.4, -0.2) is 31.3 Å². The molecule has 0 aliphatic rings. The second-order valence-corrected chi connectivity index (χ2v) is 3.20. The Balaban J connectivity index is 0.00000256. The number of rotatable bonds is 5. The van der Waals surface area contributed by atoms with Crippen molar-refractivity contribution in [2.75, 3.05) is 25.6 Å². The van der Waals surface area contributed by atoms with Crippen LogP contribution < -0.4 is 15.8 Å². The Morgan fingerprint density at radius 1 is 1.41 bits per heavy atom. The number of nitrogens with two attached hydrogens (primary N) is 1. The Bertz CT molecular complexity index is 341. The van der Waals surface area contributed by atoms with Crippen molar-refractivity contribution < 1.29 is 9.84 Å².